The van der Waals surface area contributed by atoms with E-state index in [1.165, 1.54) is 44.9 Å². The Balaban J connectivity index is -0.000000833. The maximum absolute atomic E-state index is 11.5. The molecule has 0 fully saturated rings. The van der Waals surface area contributed by atoms with E-state index in [0.29, 0.717) is 13.0 Å². The summed E-state index contributed by atoms with van der Waals surface area (Å²) < 4.78 is 31.3. The number of nitrogens with one attached hydrogen (secondary N) is 4. The predicted molar refractivity (Wildman–Crippen MR) is 202 cm³/mol. The SMILES string of the molecule is CCCCCNC(=O)NCCCC/C=C\CCCCCCBr.CCCCCNC(=O)NCCCC/C=C\CCCCCCS(=O)(=O)[O-].[Na+]. The van der Waals surface area contributed by atoms with E-state index in [0.717, 1.165) is 115 Å². The summed E-state index contributed by atoms with van der Waals surface area (Å²) in [5, 5.41) is 12.6. The summed E-state index contributed by atoms with van der Waals surface area (Å²) in [6.45, 7) is 7.32. The summed E-state index contributed by atoms with van der Waals surface area (Å²) in [6.07, 6.45) is 32.8. The smallest absolute Gasteiger partial charge is 0.748 e. The summed E-state index contributed by atoms with van der Waals surface area (Å²) >= 11 is 3.46. The number of urea groups is 2. The number of hydrogen-bond donors (Lipinski definition) is 4. The molecule has 0 rings (SSSR count). The van der Waals surface area contributed by atoms with Gasteiger partial charge in [0.05, 0.1) is 10.1 Å². The minimum atomic E-state index is -4.04. The second-order valence-corrected chi connectivity index (χ2v) is 14.4. The van der Waals surface area contributed by atoms with Gasteiger partial charge >= 0.3 is 41.6 Å². The van der Waals surface area contributed by atoms with E-state index in [1.54, 1.807) is 0 Å². The molecule has 0 bridgehead atoms. The van der Waals surface area contributed by atoms with Gasteiger partial charge in [-0.1, -0.05) is 105 Å². The molecule has 0 aliphatic rings. The van der Waals surface area contributed by atoms with Gasteiger partial charge in [-0.3, -0.25) is 0 Å². The number of carbonyl (C=O) groups excluding carboxylic acids is 2. The Labute approximate surface area is 326 Å². The Morgan fingerprint density at radius 2 is 0.833 bits per heavy atom. The van der Waals surface area contributed by atoms with Crippen molar-refractivity contribution in [1.29, 1.82) is 0 Å². The zero-order chi connectivity index (χ0) is 35.1. The molecular weight excluding hydrogens is 703 g/mol. The molecule has 278 valence electrons. The molecule has 0 unspecified atom stereocenters. The normalized spacial score (nSPS) is 11.2. The molecule has 9 nitrogen and oxygen atoms in total. The first-order valence-corrected chi connectivity index (χ1v) is 21.3. The van der Waals surface area contributed by atoms with E-state index in [2.05, 4.69) is 75.3 Å². The van der Waals surface area contributed by atoms with E-state index < -0.39 is 10.1 Å². The first-order valence-electron chi connectivity index (χ1n) is 18.6. The van der Waals surface area contributed by atoms with Gasteiger partial charge in [-0.15, -0.1) is 0 Å². The third kappa shape index (κ3) is 49.8. The number of hydrogen-bond acceptors (Lipinski definition) is 5. The summed E-state index contributed by atoms with van der Waals surface area (Å²) in [5.74, 6) is -0.242. The number of halogens is 1. The number of amides is 4. The number of alkyl halides is 1. The minimum absolute atomic E-state index is 0. The quantitative estimate of drug-likeness (QED) is 0.0217. The van der Waals surface area contributed by atoms with Gasteiger partial charge in [-0.05, 0) is 89.9 Å². The van der Waals surface area contributed by atoms with E-state index in [1.807, 2.05) is 0 Å². The molecule has 0 saturated heterocycles. The second kappa shape index (κ2) is 42.6. The largest absolute Gasteiger partial charge is 1.00 e. The first kappa shape index (κ1) is 51.8. The molecule has 0 aromatic heterocycles. The molecular formula is C36H70BrN4NaO5S. The van der Waals surface area contributed by atoms with Crippen molar-refractivity contribution in [3.63, 3.8) is 0 Å². The topological polar surface area (TPSA) is 139 Å². The van der Waals surface area contributed by atoms with Crippen molar-refractivity contribution < 1.29 is 52.1 Å². The molecule has 4 amide bonds. The Hall–Kier alpha value is -0.590. The Bertz CT molecular complexity index is 863. The molecule has 0 saturated carbocycles. The number of unbranched alkanes of at least 4 members (excludes halogenated alkanes) is 16. The van der Waals surface area contributed by atoms with Gasteiger partial charge < -0.3 is 25.8 Å². The van der Waals surface area contributed by atoms with Crippen LogP contribution in [0.3, 0.4) is 0 Å². The third-order valence-electron chi connectivity index (χ3n) is 7.40. The van der Waals surface area contributed by atoms with Crippen LogP contribution in [0.25, 0.3) is 0 Å². The van der Waals surface area contributed by atoms with Crippen LogP contribution in [0.15, 0.2) is 24.3 Å². The van der Waals surface area contributed by atoms with Crippen LogP contribution in [0.2, 0.25) is 0 Å². The van der Waals surface area contributed by atoms with Crippen LogP contribution in [-0.2, 0) is 10.1 Å². The average Bonchev–Trinajstić information content (AvgIpc) is 3.04. The van der Waals surface area contributed by atoms with E-state index in [9.17, 15) is 22.6 Å². The summed E-state index contributed by atoms with van der Waals surface area (Å²) in [7, 11) is -4.04. The van der Waals surface area contributed by atoms with Gasteiger partial charge in [0.15, 0.2) is 0 Å². The fourth-order valence-corrected chi connectivity index (χ4v) is 5.49. The Morgan fingerprint density at radius 3 is 1.17 bits per heavy atom. The molecule has 0 aromatic carbocycles. The number of carbonyl (C=O) groups is 2. The molecule has 4 N–H and O–H groups in total. The van der Waals surface area contributed by atoms with Crippen molar-refractivity contribution in [2.45, 2.75) is 155 Å². The summed E-state index contributed by atoms with van der Waals surface area (Å²) in [6, 6.07) is -0.0912. The third-order valence-corrected chi connectivity index (χ3v) is 8.75. The maximum atomic E-state index is 11.5. The van der Waals surface area contributed by atoms with Crippen molar-refractivity contribution in [1.82, 2.24) is 21.3 Å². The zero-order valence-electron chi connectivity index (χ0n) is 30.9. The van der Waals surface area contributed by atoms with Crippen LogP contribution in [0.1, 0.15) is 155 Å². The maximum Gasteiger partial charge on any atom is 1.00 e. The Morgan fingerprint density at radius 1 is 0.521 bits per heavy atom. The minimum Gasteiger partial charge on any atom is -0.748 e. The van der Waals surface area contributed by atoms with E-state index in [-0.39, 0.29) is 47.4 Å². The molecule has 0 atom stereocenters. The molecule has 0 aromatic rings. The van der Waals surface area contributed by atoms with Gasteiger partial charge in [0, 0.05) is 37.3 Å². The number of allylic oxidation sites excluding steroid dienone is 4. The van der Waals surface area contributed by atoms with Gasteiger partial charge in [-0.25, -0.2) is 18.0 Å². The summed E-state index contributed by atoms with van der Waals surface area (Å²) in [4.78, 5) is 22.9. The summed E-state index contributed by atoms with van der Waals surface area (Å²) in [5.41, 5.74) is 0. The monoisotopic (exact) mass is 772 g/mol. The number of rotatable bonds is 31. The van der Waals surface area contributed by atoms with Crippen LogP contribution in [0, 0.1) is 0 Å². The molecule has 12 heteroatoms. The molecule has 0 aliphatic carbocycles. The average molecular weight is 774 g/mol. The standard InChI is InChI=1S/C18H35BrN2O.C18H36N2O4S.Na/c1-2-3-13-16-20-18(22)21-17-14-11-9-7-5-4-6-8-10-12-15-19;1-2-3-12-15-19-18(21)20-16-13-10-8-6-4-5-7-9-11-14-17-25(22,23)24;/h5,7H,2-4,6,8-17H2,1H3,(H2,20,21,22);4,6H,2-3,5,7-17H2,1H3,(H2,19,20,21)(H,22,23,24);/q;;+1/p-1/b7-5-;6-4-;. The molecule has 0 spiro atoms. The second-order valence-electron chi connectivity index (χ2n) is 12.1. The van der Waals surface area contributed by atoms with Crippen LogP contribution in [0.5, 0.6) is 0 Å². The predicted octanol–water partition coefficient (Wildman–Crippen LogP) is 6.25. The van der Waals surface area contributed by atoms with Gasteiger partial charge in [0.1, 0.15) is 0 Å². The fourth-order valence-electron chi connectivity index (χ4n) is 4.53. The van der Waals surface area contributed by atoms with Crippen molar-refractivity contribution in [2.24, 2.45) is 0 Å². The van der Waals surface area contributed by atoms with E-state index >= 15 is 0 Å². The molecule has 0 radical (unpaired) electrons. The van der Waals surface area contributed by atoms with Crippen molar-refractivity contribution >= 4 is 38.1 Å². The zero-order valence-corrected chi connectivity index (χ0v) is 35.3. The fraction of sp³-hybridized carbons (Fsp3) is 0.833. The van der Waals surface area contributed by atoms with Gasteiger partial charge in [-0.2, -0.15) is 0 Å². The van der Waals surface area contributed by atoms with Crippen molar-refractivity contribution in [3.8, 4) is 0 Å². The molecule has 0 heterocycles. The van der Waals surface area contributed by atoms with Crippen molar-refractivity contribution in [3.05, 3.63) is 24.3 Å². The van der Waals surface area contributed by atoms with Crippen LogP contribution < -0.4 is 50.8 Å². The van der Waals surface area contributed by atoms with Crippen LogP contribution >= 0.6 is 15.9 Å². The van der Waals surface area contributed by atoms with Gasteiger partial charge in [0.25, 0.3) is 0 Å². The van der Waals surface area contributed by atoms with Crippen molar-refractivity contribution in [2.75, 3.05) is 37.3 Å². The molecule has 0 aliphatic heterocycles. The first-order chi connectivity index (χ1) is 22.8. The molecule has 48 heavy (non-hydrogen) atoms. The van der Waals surface area contributed by atoms with Crippen LogP contribution in [-0.4, -0.2) is 62.3 Å². The Kier molecular flexibility index (Phi) is 45.9. The van der Waals surface area contributed by atoms with Crippen LogP contribution in [0.4, 0.5) is 9.59 Å². The van der Waals surface area contributed by atoms with Gasteiger partial charge in [0.2, 0.25) is 0 Å². The van der Waals surface area contributed by atoms with E-state index in [4.69, 9.17) is 0 Å².